The van der Waals surface area contributed by atoms with E-state index in [0.717, 1.165) is 81.1 Å². The number of urea groups is 1. The molecule has 3 heterocycles. The molecular formula is C62H75BrCl2N8O5. The minimum atomic E-state index is -1.03. The lowest BCUT2D eigenvalue weighted by molar-refractivity contribution is -0.121. The largest absolute Gasteiger partial charge is 0.493 e. The predicted molar refractivity (Wildman–Crippen MR) is 319 cm³/mol. The van der Waals surface area contributed by atoms with E-state index in [1.165, 1.54) is 0 Å². The number of aromatic nitrogens is 2. The quantitative estimate of drug-likeness (QED) is 0.0676. The molecule has 3 amide bonds. The molecule has 6 aromatic rings. The van der Waals surface area contributed by atoms with E-state index in [0.29, 0.717) is 97.9 Å². The van der Waals surface area contributed by atoms with Gasteiger partial charge in [-0.1, -0.05) is 122 Å². The number of halogens is 3. The summed E-state index contributed by atoms with van der Waals surface area (Å²) in [4.78, 5) is 49.7. The number of nitrogens with one attached hydrogen (secondary N) is 2. The molecule has 78 heavy (non-hydrogen) atoms. The van der Waals surface area contributed by atoms with Crippen LogP contribution in [0.3, 0.4) is 0 Å². The number of aryl methyl sites for hydroxylation is 1. The zero-order valence-electron chi connectivity index (χ0n) is 46.7. The van der Waals surface area contributed by atoms with Crippen LogP contribution in [0.15, 0.2) is 113 Å². The molecule has 2 N–H and O–H groups in total. The summed E-state index contributed by atoms with van der Waals surface area (Å²) >= 11 is 16.5. The Balaban J connectivity index is 0.826. The van der Waals surface area contributed by atoms with Gasteiger partial charge in [-0.2, -0.15) is 0 Å². The van der Waals surface area contributed by atoms with Crippen LogP contribution in [0.2, 0.25) is 10.0 Å². The van der Waals surface area contributed by atoms with E-state index in [9.17, 15) is 4.79 Å². The van der Waals surface area contributed by atoms with Crippen molar-refractivity contribution in [3.8, 4) is 17.2 Å². The standard InChI is InChI=1S/C62H75BrCl2N8O5/c1-10-77-53-38-46(60(4,5)6)23-28-50(53)58-70-61(7,44-19-24-48(64)25-20-44)62(8,45-21-26-49(65)27-22-45)73(58)59(75)72-34-32-71(33-35-72)31-29-56(74)66-30-14-12-11-13-15-36-78-55-40-52-51(39-54(55)76-9)57(69-42(3)68-52)67-41(2)43-17-16-18-47(63)37-43/h16-28,37-41H,10-15,29-36H2,1-9H3,(H,66,74)(H,67,68,69)/t41-,61+,62-/m1/s1. The van der Waals surface area contributed by atoms with Crippen molar-refractivity contribution >= 4 is 73.6 Å². The van der Waals surface area contributed by atoms with Crippen molar-refractivity contribution in [1.82, 2.24) is 30.0 Å². The molecule has 1 aromatic heterocycles. The lowest BCUT2D eigenvalue weighted by Crippen LogP contribution is -2.60. The third kappa shape index (κ3) is 13.2. The van der Waals surface area contributed by atoms with Crippen LogP contribution in [0, 0.1) is 6.92 Å². The van der Waals surface area contributed by atoms with Crippen molar-refractivity contribution in [1.29, 1.82) is 0 Å². The molecule has 1 saturated heterocycles. The number of benzene rings is 5. The number of aliphatic imine (C=N–C) groups is 1. The van der Waals surface area contributed by atoms with E-state index in [4.69, 9.17) is 52.4 Å². The minimum Gasteiger partial charge on any atom is -0.493 e. The highest BCUT2D eigenvalue weighted by atomic mass is 79.9. The number of carbonyl (C=O) groups is 2. The molecule has 0 unspecified atom stereocenters. The number of nitrogens with zero attached hydrogens (tertiary/aromatic N) is 6. The van der Waals surface area contributed by atoms with Crippen molar-refractivity contribution in [3.05, 3.63) is 151 Å². The molecule has 0 bridgehead atoms. The molecule has 0 aliphatic carbocycles. The zero-order valence-corrected chi connectivity index (χ0v) is 49.7. The van der Waals surface area contributed by atoms with E-state index >= 15 is 4.79 Å². The number of unbranched alkanes of at least 4 members (excludes halogenated alkanes) is 4. The van der Waals surface area contributed by atoms with Gasteiger partial charge in [0.1, 0.15) is 34.3 Å². The first-order valence-corrected chi connectivity index (χ1v) is 28.9. The van der Waals surface area contributed by atoms with Gasteiger partial charge in [-0.15, -0.1) is 0 Å². The van der Waals surface area contributed by atoms with Gasteiger partial charge in [-0.3, -0.25) is 19.6 Å². The van der Waals surface area contributed by atoms with E-state index in [-0.39, 0.29) is 23.4 Å². The summed E-state index contributed by atoms with van der Waals surface area (Å²) in [6.45, 7) is 21.2. The number of anilines is 1. The van der Waals surface area contributed by atoms with Crippen LogP contribution in [0.1, 0.15) is 127 Å². The monoisotopic (exact) mass is 1160 g/mol. The van der Waals surface area contributed by atoms with Gasteiger partial charge in [-0.25, -0.2) is 14.8 Å². The first kappa shape index (κ1) is 58.2. The fourth-order valence-electron chi connectivity index (χ4n) is 10.5. The smallest absolute Gasteiger partial charge is 0.326 e. The number of rotatable bonds is 21. The van der Waals surface area contributed by atoms with E-state index in [1.807, 2.05) is 103 Å². The van der Waals surface area contributed by atoms with Crippen LogP contribution in [-0.2, 0) is 21.3 Å². The maximum Gasteiger partial charge on any atom is 0.326 e. The SMILES string of the molecule is CCOc1cc(C(C)(C)C)ccc1C1=N[C@@](C)(c2ccc(Cl)cc2)[C@@](C)(c2ccc(Cl)cc2)N1C(=O)N1CCN(CCC(=O)NCCCCCCCOc2cc3nc(C)nc(N[C@H](C)c4cccc(Br)c4)c3cc2OC)CC1. The summed E-state index contributed by atoms with van der Waals surface area (Å²) in [5, 5.41) is 8.77. The van der Waals surface area contributed by atoms with Crippen LogP contribution in [-0.4, -0.2) is 102 Å². The van der Waals surface area contributed by atoms with Crippen molar-refractivity contribution in [2.24, 2.45) is 4.99 Å². The van der Waals surface area contributed by atoms with E-state index in [1.54, 1.807) is 7.11 Å². The highest BCUT2D eigenvalue weighted by Crippen LogP contribution is 2.54. The molecule has 2 aliphatic heterocycles. The predicted octanol–water partition coefficient (Wildman–Crippen LogP) is 14.1. The Morgan fingerprint density at radius 2 is 1.47 bits per heavy atom. The Hall–Kier alpha value is -5.93. The Labute approximate surface area is 479 Å². The van der Waals surface area contributed by atoms with Gasteiger partial charge in [0, 0.05) is 71.7 Å². The molecule has 0 radical (unpaired) electrons. The number of hydrogen-bond acceptors (Lipinski definition) is 10. The molecule has 8 rings (SSSR count). The molecule has 5 aromatic carbocycles. The van der Waals surface area contributed by atoms with Crippen LogP contribution >= 0.6 is 39.1 Å². The second-order valence-corrected chi connectivity index (χ2v) is 23.5. The molecule has 1 fully saturated rings. The normalized spacial score (nSPS) is 18.2. The second-order valence-electron chi connectivity index (χ2n) is 21.7. The summed E-state index contributed by atoms with van der Waals surface area (Å²) in [6.07, 6.45) is 5.24. The van der Waals surface area contributed by atoms with Gasteiger partial charge < -0.3 is 29.7 Å². The summed E-state index contributed by atoms with van der Waals surface area (Å²) in [7, 11) is 1.65. The van der Waals surface area contributed by atoms with Crippen molar-refractivity contribution < 1.29 is 23.8 Å². The van der Waals surface area contributed by atoms with Crippen molar-refractivity contribution in [2.75, 3.05) is 64.9 Å². The fourth-order valence-corrected chi connectivity index (χ4v) is 11.2. The fraction of sp³-hybridized carbons (Fsp3) is 0.435. The first-order chi connectivity index (χ1) is 37.3. The number of carbonyl (C=O) groups excluding carboxylic acids is 2. The zero-order chi connectivity index (χ0) is 55.8. The number of piperazine rings is 1. The van der Waals surface area contributed by atoms with Gasteiger partial charge in [0.05, 0.1) is 37.4 Å². The molecule has 3 atom stereocenters. The molecule has 0 saturated carbocycles. The molecule has 0 spiro atoms. The number of ether oxygens (including phenoxy) is 3. The molecule has 13 nitrogen and oxygen atoms in total. The van der Waals surface area contributed by atoms with Gasteiger partial charge >= 0.3 is 6.03 Å². The van der Waals surface area contributed by atoms with Crippen molar-refractivity contribution in [3.63, 3.8) is 0 Å². The molecular weight excluding hydrogens is 1090 g/mol. The van der Waals surface area contributed by atoms with E-state index < -0.39 is 11.1 Å². The maximum absolute atomic E-state index is 15.5. The Morgan fingerprint density at radius 1 is 0.795 bits per heavy atom. The number of amidine groups is 1. The van der Waals surface area contributed by atoms with E-state index in [2.05, 4.69) is 97.3 Å². The Kier molecular flexibility index (Phi) is 19.0. The number of hydrogen-bond donors (Lipinski definition) is 2. The van der Waals surface area contributed by atoms with Crippen LogP contribution in [0.25, 0.3) is 10.9 Å². The van der Waals surface area contributed by atoms with Crippen molar-refractivity contribution in [2.45, 2.75) is 116 Å². The Morgan fingerprint density at radius 3 is 2.14 bits per heavy atom. The number of amides is 3. The summed E-state index contributed by atoms with van der Waals surface area (Å²) in [5.41, 5.74) is 3.44. The van der Waals surface area contributed by atoms with Crippen LogP contribution in [0.4, 0.5) is 10.6 Å². The highest BCUT2D eigenvalue weighted by molar-refractivity contribution is 9.10. The first-order valence-electron chi connectivity index (χ1n) is 27.3. The highest BCUT2D eigenvalue weighted by Gasteiger charge is 2.60. The molecule has 16 heteroatoms. The Bertz CT molecular complexity index is 3090. The lowest BCUT2D eigenvalue weighted by Gasteiger charge is -2.47. The van der Waals surface area contributed by atoms with Crippen LogP contribution in [0.5, 0.6) is 17.2 Å². The summed E-state index contributed by atoms with van der Waals surface area (Å²) in [5.74, 6) is 3.94. The van der Waals surface area contributed by atoms with Gasteiger partial charge in [0.25, 0.3) is 0 Å². The lowest BCUT2D eigenvalue weighted by atomic mass is 9.71. The summed E-state index contributed by atoms with van der Waals surface area (Å²) < 4.78 is 19.4. The minimum absolute atomic E-state index is 0.0195. The third-order valence-corrected chi connectivity index (χ3v) is 16.3. The number of fused-ring (bicyclic) bond motifs is 1. The third-order valence-electron chi connectivity index (χ3n) is 15.3. The summed E-state index contributed by atoms with van der Waals surface area (Å²) in [6, 6.07) is 33.7. The average molecular weight is 1160 g/mol. The molecule has 2 aliphatic rings. The number of methoxy groups -OCH3 is 1. The second kappa shape index (κ2) is 25.5. The maximum atomic E-state index is 15.5. The van der Waals surface area contributed by atoms with Crippen LogP contribution < -0.4 is 24.8 Å². The van der Waals surface area contributed by atoms with Gasteiger partial charge in [-0.05, 0) is 130 Å². The average Bonchev–Trinajstić information content (AvgIpc) is 3.74. The molecule has 414 valence electrons. The topological polar surface area (TPSA) is 134 Å². The van der Waals surface area contributed by atoms with Gasteiger partial charge in [0.2, 0.25) is 5.91 Å². The van der Waals surface area contributed by atoms with Gasteiger partial charge in [0.15, 0.2) is 11.5 Å².